The number of hydrogen-bond acceptors (Lipinski definition) is 4. The largest absolute Gasteiger partial charge is 0.397 e. The SMILES string of the molecule is Nc1c(C(=O)n2c3c(c4ccccc42)CCCC3)sc2nc(-c3ccccc3)ccc12. The Labute approximate surface area is 184 Å². The fourth-order valence-electron chi connectivity index (χ4n) is 4.75. The molecule has 1 aliphatic rings. The second kappa shape index (κ2) is 7.06. The highest BCUT2D eigenvalue weighted by Crippen LogP contribution is 2.38. The van der Waals surface area contributed by atoms with Crippen molar-refractivity contribution in [2.75, 3.05) is 5.73 Å². The number of nitrogen functional groups attached to an aromatic ring is 1. The van der Waals surface area contributed by atoms with E-state index in [1.165, 1.54) is 28.7 Å². The van der Waals surface area contributed by atoms with Gasteiger partial charge < -0.3 is 5.73 Å². The van der Waals surface area contributed by atoms with E-state index in [0.717, 1.165) is 51.9 Å². The molecule has 31 heavy (non-hydrogen) atoms. The number of aromatic nitrogens is 2. The van der Waals surface area contributed by atoms with Gasteiger partial charge in [0.1, 0.15) is 9.71 Å². The second-order valence-electron chi connectivity index (χ2n) is 8.05. The van der Waals surface area contributed by atoms with Crippen LogP contribution in [0.5, 0.6) is 0 Å². The van der Waals surface area contributed by atoms with Gasteiger partial charge in [-0.2, -0.15) is 0 Å². The first-order valence-corrected chi connectivity index (χ1v) is 11.4. The van der Waals surface area contributed by atoms with Gasteiger partial charge in [0.05, 0.1) is 16.9 Å². The van der Waals surface area contributed by atoms with E-state index < -0.39 is 0 Å². The first kappa shape index (κ1) is 18.3. The van der Waals surface area contributed by atoms with Crippen molar-refractivity contribution < 1.29 is 4.79 Å². The lowest BCUT2D eigenvalue weighted by molar-refractivity contribution is 0.0966. The van der Waals surface area contributed by atoms with Crippen molar-refractivity contribution >= 4 is 44.1 Å². The summed E-state index contributed by atoms with van der Waals surface area (Å²) in [4.78, 5) is 20.0. The molecule has 1 aliphatic carbocycles. The van der Waals surface area contributed by atoms with Crippen LogP contribution in [0.3, 0.4) is 0 Å². The molecule has 152 valence electrons. The summed E-state index contributed by atoms with van der Waals surface area (Å²) in [5.41, 5.74) is 12.4. The van der Waals surface area contributed by atoms with Gasteiger partial charge in [-0.05, 0) is 49.4 Å². The maximum absolute atomic E-state index is 13.8. The Hall–Kier alpha value is -3.44. The molecule has 3 heterocycles. The number of para-hydroxylation sites is 1. The van der Waals surface area contributed by atoms with Crippen LogP contribution in [0.2, 0.25) is 0 Å². The lowest BCUT2D eigenvalue weighted by atomic mass is 9.95. The van der Waals surface area contributed by atoms with E-state index in [0.29, 0.717) is 10.6 Å². The summed E-state index contributed by atoms with van der Waals surface area (Å²) >= 11 is 1.39. The molecular formula is C26H21N3OS. The van der Waals surface area contributed by atoms with Gasteiger partial charge in [0.15, 0.2) is 0 Å². The molecule has 2 N–H and O–H groups in total. The van der Waals surface area contributed by atoms with E-state index >= 15 is 0 Å². The monoisotopic (exact) mass is 423 g/mol. The number of benzene rings is 2. The van der Waals surface area contributed by atoms with Gasteiger partial charge in [0, 0.05) is 22.0 Å². The number of rotatable bonds is 2. The summed E-state index contributed by atoms with van der Waals surface area (Å²) < 4.78 is 1.91. The average Bonchev–Trinajstić information content (AvgIpc) is 3.34. The fraction of sp³-hybridized carbons (Fsp3) is 0.154. The molecule has 0 fully saturated rings. The Kier molecular flexibility index (Phi) is 4.18. The number of carbonyl (C=O) groups is 1. The standard InChI is InChI=1S/C26H21N3OS/c27-23-19-14-15-20(16-8-2-1-3-9-16)28-25(19)31-24(23)26(30)29-21-12-6-4-10-17(21)18-11-5-7-13-22(18)29/h1-4,6,8-10,12,14-15H,5,7,11,13,27H2. The molecule has 0 amide bonds. The highest BCUT2D eigenvalue weighted by Gasteiger charge is 2.27. The summed E-state index contributed by atoms with van der Waals surface area (Å²) in [5.74, 6) is -0.0406. The molecule has 0 radical (unpaired) electrons. The summed E-state index contributed by atoms with van der Waals surface area (Å²) in [6, 6.07) is 22.2. The minimum absolute atomic E-state index is 0.0406. The molecule has 0 saturated heterocycles. The predicted octanol–water partition coefficient (Wildman–Crippen LogP) is 6.07. The van der Waals surface area contributed by atoms with Crippen LogP contribution in [0, 0.1) is 0 Å². The third-order valence-corrected chi connectivity index (χ3v) is 7.34. The van der Waals surface area contributed by atoms with E-state index in [2.05, 4.69) is 12.1 Å². The smallest absolute Gasteiger partial charge is 0.274 e. The van der Waals surface area contributed by atoms with Crippen LogP contribution in [-0.2, 0) is 12.8 Å². The summed E-state index contributed by atoms with van der Waals surface area (Å²) in [6.45, 7) is 0. The first-order valence-electron chi connectivity index (χ1n) is 10.6. The molecule has 6 rings (SSSR count). The summed E-state index contributed by atoms with van der Waals surface area (Å²) in [5, 5.41) is 2.04. The molecule has 3 aromatic heterocycles. The van der Waals surface area contributed by atoms with Crippen LogP contribution in [0.1, 0.15) is 33.8 Å². The summed E-state index contributed by atoms with van der Waals surface area (Å²) in [6.07, 6.45) is 4.24. The lowest BCUT2D eigenvalue weighted by Crippen LogP contribution is -2.17. The maximum Gasteiger partial charge on any atom is 0.274 e. The number of nitrogens with zero attached hydrogens (tertiary/aromatic N) is 2. The van der Waals surface area contributed by atoms with Crippen LogP contribution in [0.4, 0.5) is 5.69 Å². The van der Waals surface area contributed by atoms with Crippen LogP contribution >= 0.6 is 11.3 Å². The van der Waals surface area contributed by atoms with Gasteiger partial charge in [-0.1, -0.05) is 48.5 Å². The van der Waals surface area contributed by atoms with Gasteiger partial charge in [-0.15, -0.1) is 11.3 Å². The topological polar surface area (TPSA) is 60.9 Å². The van der Waals surface area contributed by atoms with Gasteiger partial charge in [-0.25, -0.2) is 4.98 Å². The van der Waals surface area contributed by atoms with Crippen LogP contribution in [-0.4, -0.2) is 15.5 Å². The average molecular weight is 424 g/mol. The zero-order valence-electron chi connectivity index (χ0n) is 17.0. The quantitative estimate of drug-likeness (QED) is 0.375. The number of thiophene rings is 1. The minimum Gasteiger partial charge on any atom is -0.397 e. The van der Waals surface area contributed by atoms with E-state index in [1.807, 2.05) is 59.2 Å². The van der Waals surface area contributed by atoms with Crippen molar-refractivity contribution in [2.24, 2.45) is 0 Å². The number of fused-ring (bicyclic) bond motifs is 4. The van der Waals surface area contributed by atoms with Gasteiger partial charge in [0.2, 0.25) is 0 Å². The normalized spacial score (nSPS) is 13.5. The van der Waals surface area contributed by atoms with E-state index in [9.17, 15) is 4.79 Å². The fourth-order valence-corrected chi connectivity index (χ4v) is 5.78. The van der Waals surface area contributed by atoms with E-state index in [1.54, 1.807) is 0 Å². The predicted molar refractivity (Wildman–Crippen MR) is 128 cm³/mol. The molecular weight excluding hydrogens is 402 g/mol. The minimum atomic E-state index is -0.0406. The van der Waals surface area contributed by atoms with Crippen molar-refractivity contribution in [3.8, 4) is 11.3 Å². The number of hydrogen-bond donors (Lipinski definition) is 1. The molecule has 0 saturated carbocycles. The van der Waals surface area contributed by atoms with Crippen LogP contribution in [0.15, 0.2) is 66.7 Å². The van der Waals surface area contributed by atoms with Crippen LogP contribution < -0.4 is 5.73 Å². The zero-order valence-corrected chi connectivity index (χ0v) is 17.8. The van der Waals surface area contributed by atoms with Gasteiger partial charge in [-0.3, -0.25) is 9.36 Å². The third-order valence-electron chi connectivity index (χ3n) is 6.24. The summed E-state index contributed by atoms with van der Waals surface area (Å²) in [7, 11) is 0. The maximum atomic E-state index is 13.8. The zero-order chi connectivity index (χ0) is 20.9. The molecule has 5 aromatic rings. The Morgan fingerprint density at radius 3 is 2.55 bits per heavy atom. The number of nitrogens with two attached hydrogens (primary N) is 1. The molecule has 0 atom stereocenters. The van der Waals surface area contributed by atoms with Crippen molar-refractivity contribution in [1.82, 2.24) is 9.55 Å². The Bertz CT molecular complexity index is 1460. The second-order valence-corrected chi connectivity index (χ2v) is 9.05. The van der Waals surface area contributed by atoms with Crippen molar-refractivity contribution in [3.63, 3.8) is 0 Å². The molecule has 2 aromatic carbocycles. The molecule has 5 heteroatoms. The molecule has 0 aliphatic heterocycles. The van der Waals surface area contributed by atoms with E-state index in [4.69, 9.17) is 10.7 Å². The number of aryl methyl sites for hydroxylation is 1. The first-order chi connectivity index (χ1) is 15.2. The Balaban J connectivity index is 1.52. The Morgan fingerprint density at radius 2 is 1.68 bits per heavy atom. The Morgan fingerprint density at radius 1 is 0.903 bits per heavy atom. The van der Waals surface area contributed by atoms with Crippen LogP contribution in [0.25, 0.3) is 32.4 Å². The molecule has 0 bridgehead atoms. The number of anilines is 1. The third kappa shape index (κ3) is 2.81. The molecule has 0 unspecified atom stereocenters. The highest BCUT2D eigenvalue weighted by molar-refractivity contribution is 7.21. The van der Waals surface area contributed by atoms with Gasteiger partial charge >= 0.3 is 0 Å². The molecule has 4 nitrogen and oxygen atoms in total. The van der Waals surface area contributed by atoms with Crippen molar-refractivity contribution in [2.45, 2.75) is 25.7 Å². The number of carbonyl (C=O) groups excluding carboxylic acids is 1. The number of pyridine rings is 1. The van der Waals surface area contributed by atoms with Gasteiger partial charge in [0.25, 0.3) is 5.91 Å². The van der Waals surface area contributed by atoms with E-state index in [-0.39, 0.29) is 5.91 Å². The van der Waals surface area contributed by atoms with Crippen molar-refractivity contribution in [1.29, 1.82) is 0 Å². The van der Waals surface area contributed by atoms with Crippen molar-refractivity contribution in [3.05, 3.63) is 82.9 Å². The highest BCUT2D eigenvalue weighted by atomic mass is 32.1. The molecule has 0 spiro atoms. The lowest BCUT2D eigenvalue weighted by Gasteiger charge is -2.14.